The molecule has 172 valence electrons. The summed E-state index contributed by atoms with van der Waals surface area (Å²) in [6.45, 7) is 1.52. The molecule has 0 aliphatic carbocycles. The van der Waals surface area contributed by atoms with E-state index in [1.807, 2.05) is 0 Å². The summed E-state index contributed by atoms with van der Waals surface area (Å²) in [4.78, 5) is 12.6. The third-order valence-corrected chi connectivity index (χ3v) is 6.07. The van der Waals surface area contributed by atoms with E-state index in [1.54, 1.807) is 24.4 Å². The quantitative estimate of drug-likeness (QED) is 0.310. The Balaban J connectivity index is 1.80. The lowest BCUT2D eigenvalue weighted by Gasteiger charge is -2.15. The van der Waals surface area contributed by atoms with Gasteiger partial charge < -0.3 is 5.32 Å². The molecule has 0 radical (unpaired) electrons. The predicted molar refractivity (Wildman–Crippen MR) is 116 cm³/mol. The molecule has 0 bridgehead atoms. The zero-order chi connectivity index (χ0) is 23.7. The van der Waals surface area contributed by atoms with Crippen molar-refractivity contribution in [3.05, 3.63) is 60.9 Å². The van der Waals surface area contributed by atoms with Crippen LogP contribution in [-0.4, -0.2) is 25.5 Å². The Hall–Kier alpha value is -1.82. The highest BCUT2D eigenvalue weighted by molar-refractivity contribution is 9.10. The van der Waals surface area contributed by atoms with Crippen molar-refractivity contribution in [3.63, 3.8) is 0 Å². The first-order valence-electron chi connectivity index (χ1n) is 8.81. The first-order chi connectivity index (χ1) is 15.0. The van der Waals surface area contributed by atoms with Gasteiger partial charge >= 0.3 is 0 Å². The fraction of sp³-hybridized carbons (Fsp3) is 0.278. The normalized spacial score (nSPS) is 12.6. The van der Waals surface area contributed by atoms with Crippen molar-refractivity contribution in [1.82, 2.24) is 19.6 Å². The third-order valence-electron chi connectivity index (χ3n) is 4.36. The number of hydrogen-bond donors (Lipinski definition) is 1. The largest absolute Gasteiger partial charge is 0.306 e. The summed E-state index contributed by atoms with van der Waals surface area (Å²) in [5.74, 6) is -0.722. The molecule has 3 aromatic rings. The Bertz CT molecular complexity index is 1150. The minimum absolute atomic E-state index is 0.0906. The van der Waals surface area contributed by atoms with E-state index >= 15 is 0 Å². The Morgan fingerprint density at radius 1 is 1.12 bits per heavy atom. The molecule has 32 heavy (non-hydrogen) atoms. The molecular weight excluding hydrogens is 564 g/mol. The number of amides is 1. The van der Waals surface area contributed by atoms with Gasteiger partial charge in [0.2, 0.25) is 5.91 Å². The van der Waals surface area contributed by atoms with Crippen LogP contribution in [0.3, 0.4) is 0 Å². The summed E-state index contributed by atoms with van der Waals surface area (Å²) < 4.78 is 55.2. The van der Waals surface area contributed by atoms with Gasteiger partial charge in [0.1, 0.15) is 17.4 Å². The minimum atomic E-state index is -3.21. The van der Waals surface area contributed by atoms with Crippen molar-refractivity contribution in [2.75, 3.05) is 5.32 Å². The van der Waals surface area contributed by atoms with E-state index in [9.17, 15) is 22.4 Å². The zero-order valence-corrected chi connectivity index (χ0v) is 19.8. The summed E-state index contributed by atoms with van der Waals surface area (Å²) in [7, 11) is 0. The van der Waals surface area contributed by atoms with E-state index in [0.29, 0.717) is 25.7 Å². The number of alkyl halides is 4. The molecule has 6 nitrogen and oxygen atoms in total. The molecule has 2 heterocycles. The van der Waals surface area contributed by atoms with Crippen LogP contribution in [-0.2, 0) is 11.3 Å². The molecule has 3 rings (SSSR count). The molecule has 0 fully saturated rings. The molecule has 1 atom stereocenters. The Morgan fingerprint density at radius 3 is 2.41 bits per heavy atom. The summed E-state index contributed by atoms with van der Waals surface area (Å²) in [5, 5.41) is 10.00. The van der Waals surface area contributed by atoms with Gasteiger partial charge in [-0.1, -0.05) is 40.9 Å². The molecule has 1 unspecified atom stereocenters. The fourth-order valence-electron chi connectivity index (χ4n) is 2.80. The molecule has 0 saturated carbocycles. The Morgan fingerprint density at radius 2 is 1.81 bits per heavy atom. The maximum Gasteiger partial charge on any atom is 0.283 e. The first-order valence-corrected chi connectivity index (χ1v) is 10.7. The van der Waals surface area contributed by atoms with Crippen LogP contribution in [0.5, 0.6) is 0 Å². The van der Waals surface area contributed by atoms with Gasteiger partial charge in [-0.05, 0) is 40.5 Å². The standard InChI is InChI=1S/C18H13BrCl3F4N5O/c1-7(31-14(16(25)26)12(22)13(28-31)15(23)24)18(32)27-17-9(19)6-30(29-17)5-8-2-3-10(20)11(21)4-8/h2-4,6-7,15-16H,5H2,1H3,(H,27,29,32). The molecular formula is C18H13BrCl3F4N5O. The van der Waals surface area contributed by atoms with Gasteiger partial charge in [0.15, 0.2) is 5.82 Å². The number of carbonyl (C=O) groups excluding carboxylic acids is 1. The fourth-order valence-corrected chi connectivity index (χ4v) is 3.82. The summed E-state index contributed by atoms with van der Waals surface area (Å²) >= 11 is 20.8. The van der Waals surface area contributed by atoms with E-state index in [1.165, 1.54) is 11.6 Å². The molecule has 0 aliphatic heterocycles. The van der Waals surface area contributed by atoms with E-state index in [-0.39, 0.29) is 5.82 Å². The van der Waals surface area contributed by atoms with E-state index in [4.69, 9.17) is 34.8 Å². The molecule has 0 saturated heterocycles. The maximum absolute atomic E-state index is 13.4. The Kier molecular flexibility index (Phi) is 7.74. The minimum Gasteiger partial charge on any atom is -0.306 e. The number of benzene rings is 1. The molecule has 1 N–H and O–H groups in total. The molecule has 1 aromatic carbocycles. The van der Waals surface area contributed by atoms with Gasteiger partial charge in [-0.15, -0.1) is 0 Å². The second-order valence-electron chi connectivity index (χ2n) is 6.57. The van der Waals surface area contributed by atoms with Crippen LogP contribution in [0.15, 0.2) is 28.9 Å². The van der Waals surface area contributed by atoms with Gasteiger partial charge in [0.25, 0.3) is 12.9 Å². The predicted octanol–water partition coefficient (Wildman–Crippen LogP) is 6.93. The average molecular weight is 578 g/mol. The number of aromatic nitrogens is 4. The summed E-state index contributed by atoms with van der Waals surface area (Å²) in [6.07, 6.45) is -4.81. The maximum atomic E-state index is 13.4. The SMILES string of the molecule is CC(C(=O)Nc1nn(Cc2ccc(Cl)c(Cl)c2)cc1Br)n1nc(C(F)F)c(Cl)c1C(F)F. The van der Waals surface area contributed by atoms with Crippen molar-refractivity contribution < 1.29 is 22.4 Å². The van der Waals surface area contributed by atoms with Gasteiger partial charge in [-0.25, -0.2) is 22.2 Å². The number of carbonyl (C=O) groups is 1. The van der Waals surface area contributed by atoms with Crippen LogP contribution in [0.1, 0.15) is 42.8 Å². The highest BCUT2D eigenvalue weighted by Gasteiger charge is 2.32. The number of hydrogen-bond acceptors (Lipinski definition) is 3. The van der Waals surface area contributed by atoms with Gasteiger partial charge in [0.05, 0.1) is 26.1 Å². The molecule has 14 heteroatoms. The van der Waals surface area contributed by atoms with Crippen molar-refractivity contribution in [1.29, 1.82) is 0 Å². The number of anilines is 1. The first kappa shape index (κ1) is 24.8. The highest BCUT2D eigenvalue weighted by Crippen LogP contribution is 2.36. The number of rotatable bonds is 7. The van der Waals surface area contributed by atoms with Crippen molar-refractivity contribution in [2.24, 2.45) is 0 Å². The lowest BCUT2D eigenvalue weighted by molar-refractivity contribution is -0.119. The van der Waals surface area contributed by atoms with E-state index in [2.05, 4.69) is 31.4 Å². The Labute approximate surface area is 202 Å². The van der Waals surface area contributed by atoms with Gasteiger partial charge in [-0.3, -0.25) is 9.48 Å². The monoisotopic (exact) mass is 575 g/mol. The second-order valence-corrected chi connectivity index (χ2v) is 8.61. The second kappa shape index (κ2) is 9.98. The molecule has 0 aliphatic rings. The summed E-state index contributed by atoms with van der Waals surface area (Å²) in [5.41, 5.74) is -1.20. The van der Waals surface area contributed by atoms with Crippen LogP contribution in [0.25, 0.3) is 0 Å². The third kappa shape index (κ3) is 5.22. The molecule has 1 amide bonds. The van der Waals surface area contributed by atoms with Crippen LogP contribution in [0.4, 0.5) is 23.4 Å². The lowest BCUT2D eigenvalue weighted by Crippen LogP contribution is -2.26. The van der Waals surface area contributed by atoms with E-state index < -0.39 is 41.2 Å². The number of nitrogens with one attached hydrogen (secondary N) is 1. The van der Waals surface area contributed by atoms with Gasteiger partial charge in [0, 0.05) is 6.20 Å². The molecule has 2 aromatic heterocycles. The number of halogens is 8. The number of nitrogens with zero attached hydrogens (tertiary/aromatic N) is 4. The molecule has 0 spiro atoms. The van der Waals surface area contributed by atoms with Crippen molar-refractivity contribution in [2.45, 2.75) is 32.4 Å². The van der Waals surface area contributed by atoms with E-state index in [0.717, 1.165) is 5.56 Å². The van der Waals surface area contributed by atoms with Crippen molar-refractivity contribution >= 4 is 62.5 Å². The zero-order valence-electron chi connectivity index (χ0n) is 16.0. The average Bonchev–Trinajstić information content (AvgIpc) is 3.23. The van der Waals surface area contributed by atoms with Crippen LogP contribution in [0, 0.1) is 0 Å². The summed E-state index contributed by atoms with van der Waals surface area (Å²) in [6, 6.07) is 3.66. The van der Waals surface area contributed by atoms with Gasteiger partial charge in [-0.2, -0.15) is 10.2 Å². The highest BCUT2D eigenvalue weighted by atomic mass is 79.9. The lowest BCUT2D eigenvalue weighted by atomic mass is 10.2. The topological polar surface area (TPSA) is 64.7 Å². The smallest absolute Gasteiger partial charge is 0.283 e. The van der Waals surface area contributed by atoms with Crippen LogP contribution >= 0.6 is 50.7 Å². The van der Waals surface area contributed by atoms with Crippen LogP contribution in [0.2, 0.25) is 15.1 Å². The van der Waals surface area contributed by atoms with Crippen molar-refractivity contribution in [3.8, 4) is 0 Å². The van der Waals surface area contributed by atoms with Crippen LogP contribution < -0.4 is 5.32 Å².